The highest BCUT2D eigenvalue weighted by atomic mass is 35.5. The molecule has 3 nitrogen and oxygen atoms in total. The van der Waals surface area contributed by atoms with Crippen molar-refractivity contribution < 1.29 is 4.74 Å². The average molecular weight is 239 g/mol. The molecule has 0 spiro atoms. The Morgan fingerprint density at radius 1 is 1.50 bits per heavy atom. The third-order valence-electron chi connectivity index (χ3n) is 2.30. The first-order valence-electron chi connectivity index (χ1n) is 4.97. The van der Waals surface area contributed by atoms with E-state index in [0.717, 1.165) is 16.9 Å². The lowest BCUT2D eigenvalue weighted by molar-refractivity contribution is 0.349. The zero-order valence-electron chi connectivity index (χ0n) is 9.75. The fourth-order valence-corrected chi connectivity index (χ4v) is 1.97. The first-order valence-corrected chi connectivity index (χ1v) is 5.34. The van der Waals surface area contributed by atoms with Gasteiger partial charge in [0.25, 0.3) is 0 Å². The molecule has 16 heavy (non-hydrogen) atoms. The second kappa shape index (κ2) is 5.74. The largest absolute Gasteiger partial charge is 0.496 e. The van der Waals surface area contributed by atoms with E-state index < -0.39 is 0 Å². The quantitative estimate of drug-likeness (QED) is 0.757. The number of nitriles is 1. The predicted molar refractivity (Wildman–Crippen MR) is 64.7 cm³/mol. The molecular weight excluding hydrogens is 224 g/mol. The number of benzene rings is 1. The SMILES string of the molecule is COc1c(C)cc(Cl)cc1CN(C)CC#N. The van der Waals surface area contributed by atoms with Crippen molar-refractivity contribution >= 4 is 11.6 Å². The molecule has 0 heterocycles. The van der Waals surface area contributed by atoms with Gasteiger partial charge in [-0.3, -0.25) is 4.90 Å². The third-order valence-corrected chi connectivity index (χ3v) is 2.52. The van der Waals surface area contributed by atoms with Crippen LogP contribution < -0.4 is 4.74 Å². The molecule has 0 bridgehead atoms. The van der Waals surface area contributed by atoms with Crippen molar-refractivity contribution in [3.8, 4) is 11.8 Å². The van der Waals surface area contributed by atoms with Gasteiger partial charge >= 0.3 is 0 Å². The zero-order chi connectivity index (χ0) is 12.1. The standard InChI is InChI=1S/C12H15ClN2O/c1-9-6-11(13)7-10(12(9)16-3)8-15(2)5-4-14/h6-7H,5,8H2,1-3H3. The maximum atomic E-state index is 8.60. The Labute approximate surface area is 101 Å². The molecule has 0 amide bonds. The Hall–Kier alpha value is -1.24. The molecular formula is C12H15ClN2O. The van der Waals surface area contributed by atoms with Crippen LogP contribution in [0.2, 0.25) is 5.02 Å². The summed E-state index contributed by atoms with van der Waals surface area (Å²) in [6, 6.07) is 5.85. The van der Waals surface area contributed by atoms with Crippen LogP contribution >= 0.6 is 11.6 Å². The van der Waals surface area contributed by atoms with Gasteiger partial charge in [-0.15, -0.1) is 0 Å². The normalized spacial score (nSPS) is 10.2. The molecule has 1 rings (SSSR count). The van der Waals surface area contributed by atoms with E-state index in [0.29, 0.717) is 18.1 Å². The van der Waals surface area contributed by atoms with Crippen molar-refractivity contribution in [2.24, 2.45) is 0 Å². The molecule has 0 N–H and O–H groups in total. The lowest BCUT2D eigenvalue weighted by atomic mass is 10.1. The summed E-state index contributed by atoms with van der Waals surface area (Å²) in [5.41, 5.74) is 2.01. The van der Waals surface area contributed by atoms with E-state index in [4.69, 9.17) is 21.6 Å². The molecule has 4 heteroatoms. The summed E-state index contributed by atoms with van der Waals surface area (Å²) in [7, 11) is 3.53. The van der Waals surface area contributed by atoms with Crippen LogP contribution in [-0.2, 0) is 6.54 Å². The monoisotopic (exact) mass is 238 g/mol. The van der Waals surface area contributed by atoms with Crippen LogP contribution in [0.25, 0.3) is 0 Å². The Morgan fingerprint density at radius 2 is 2.19 bits per heavy atom. The van der Waals surface area contributed by atoms with Gasteiger partial charge in [-0.05, 0) is 31.7 Å². The minimum Gasteiger partial charge on any atom is -0.496 e. The summed E-state index contributed by atoms with van der Waals surface area (Å²) < 4.78 is 5.34. The number of hydrogen-bond acceptors (Lipinski definition) is 3. The van der Waals surface area contributed by atoms with Crippen LogP contribution in [0.3, 0.4) is 0 Å². The molecule has 86 valence electrons. The molecule has 0 unspecified atom stereocenters. The first-order chi connectivity index (χ1) is 7.58. The van der Waals surface area contributed by atoms with Crippen LogP contribution in [0.1, 0.15) is 11.1 Å². The topological polar surface area (TPSA) is 36.3 Å². The van der Waals surface area contributed by atoms with Gasteiger partial charge in [-0.1, -0.05) is 11.6 Å². The molecule has 0 atom stereocenters. The molecule has 0 saturated heterocycles. The van der Waals surface area contributed by atoms with E-state index in [1.54, 1.807) is 7.11 Å². The fourth-order valence-electron chi connectivity index (χ4n) is 1.68. The fraction of sp³-hybridized carbons (Fsp3) is 0.417. The van der Waals surface area contributed by atoms with Gasteiger partial charge in [0.15, 0.2) is 0 Å². The van der Waals surface area contributed by atoms with E-state index >= 15 is 0 Å². The highest BCUT2D eigenvalue weighted by molar-refractivity contribution is 6.30. The molecule has 1 aromatic carbocycles. The van der Waals surface area contributed by atoms with Crippen molar-refractivity contribution in [2.75, 3.05) is 20.7 Å². The average Bonchev–Trinajstić information content (AvgIpc) is 2.17. The maximum absolute atomic E-state index is 8.60. The van der Waals surface area contributed by atoms with Crippen molar-refractivity contribution in [1.82, 2.24) is 4.90 Å². The Morgan fingerprint density at radius 3 is 2.75 bits per heavy atom. The van der Waals surface area contributed by atoms with Gasteiger partial charge in [0.05, 0.1) is 19.7 Å². The van der Waals surface area contributed by atoms with Gasteiger partial charge in [0, 0.05) is 17.1 Å². The van der Waals surface area contributed by atoms with Crippen LogP contribution in [0, 0.1) is 18.3 Å². The third kappa shape index (κ3) is 3.13. The highest BCUT2D eigenvalue weighted by Gasteiger charge is 2.10. The highest BCUT2D eigenvalue weighted by Crippen LogP contribution is 2.28. The van der Waals surface area contributed by atoms with Gasteiger partial charge in [0.1, 0.15) is 5.75 Å². The molecule has 0 fully saturated rings. The summed E-state index contributed by atoms with van der Waals surface area (Å²) in [5.74, 6) is 0.842. The van der Waals surface area contributed by atoms with E-state index in [2.05, 4.69) is 6.07 Å². The Bertz CT molecular complexity index is 412. The van der Waals surface area contributed by atoms with Crippen LogP contribution in [0.5, 0.6) is 5.75 Å². The number of ether oxygens (including phenoxy) is 1. The summed E-state index contributed by atoms with van der Waals surface area (Å²) in [6.45, 7) is 2.99. The van der Waals surface area contributed by atoms with Crippen LogP contribution in [0.4, 0.5) is 0 Å². The summed E-state index contributed by atoms with van der Waals surface area (Å²) in [6.07, 6.45) is 0. The van der Waals surface area contributed by atoms with E-state index in [1.165, 1.54) is 0 Å². The van der Waals surface area contributed by atoms with Gasteiger partial charge < -0.3 is 4.74 Å². The summed E-state index contributed by atoms with van der Waals surface area (Å²) in [4.78, 5) is 1.91. The molecule has 0 aliphatic heterocycles. The van der Waals surface area contributed by atoms with Gasteiger partial charge in [-0.2, -0.15) is 5.26 Å². The lowest BCUT2D eigenvalue weighted by Crippen LogP contribution is -2.18. The van der Waals surface area contributed by atoms with Crippen molar-refractivity contribution in [3.63, 3.8) is 0 Å². The molecule has 0 aliphatic carbocycles. The van der Waals surface area contributed by atoms with E-state index in [1.807, 2.05) is 31.0 Å². The minimum atomic E-state index is 0.384. The van der Waals surface area contributed by atoms with Gasteiger partial charge in [0.2, 0.25) is 0 Å². The van der Waals surface area contributed by atoms with Crippen LogP contribution in [0.15, 0.2) is 12.1 Å². The van der Waals surface area contributed by atoms with Gasteiger partial charge in [-0.25, -0.2) is 0 Å². The van der Waals surface area contributed by atoms with E-state index in [-0.39, 0.29) is 0 Å². The predicted octanol–water partition coefficient (Wildman–Crippen LogP) is 2.61. The summed E-state index contributed by atoms with van der Waals surface area (Å²) >= 11 is 6.00. The summed E-state index contributed by atoms with van der Waals surface area (Å²) in [5, 5.41) is 9.29. The number of nitrogens with zero attached hydrogens (tertiary/aromatic N) is 2. The van der Waals surface area contributed by atoms with Crippen molar-refractivity contribution in [1.29, 1.82) is 5.26 Å². The minimum absolute atomic E-state index is 0.384. The maximum Gasteiger partial charge on any atom is 0.126 e. The number of halogens is 1. The molecule has 1 aromatic rings. The molecule has 0 aromatic heterocycles. The Balaban J connectivity index is 2.98. The van der Waals surface area contributed by atoms with Crippen LogP contribution in [-0.4, -0.2) is 25.6 Å². The number of methoxy groups -OCH3 is 1. The molecule has 0 saturated carbocycles. The van der Waals surface area contributed by atoms with Crippen molar-refractivity contribution in [3.05, 3.63) is 28.3 Å². The molecule has 0 aliphatic rings. The zero-order valence-corrected chi connectivity index (χ0v) is 10.5. The smallest absolute Gasteiger partial charge is 0.126 e. The number of aryl methyl sites for hydroxylation is 1. The van der Waals surface area contributed by atoms with E-state index in [9.17, 15) is 0 Å². The molecule has 0 radical (unpaired) electrons. The number of rotatable bonds is 4. The number of hydrogen-bond donors (Lipinski definition) is 0. The van der Waals surface area contributed by atoms with Crippen molar-refractivity contribution in [2.45, 2.75) is 13.5 Å². The first kappa shape index (κ1) is 12.8. The second-order valence-electron chi connectivity index (χ2n) is 3.75. The Kier molecular flexibility index (Phi) is 4.60. The lowest BCUT2D eigenvalue weighted by Gasteiger charge is -2.17. The second-order valence-corrected chi connectivity index (χ2v) is 4.18.